The highest BCUT2D eigenvalue weighted by molar-refractivity contribution is 6.24. The molecule has 0 aromatic heterocycles. The number of benzene rings is 1. The van der Waals surface area contributed by atoms with Crippen LogP contribution in [0.4, 0.5) is 0 Å². The molecule has 0 spiro atoms. The number of hydrogen-bond acceptors (Lipinski definition) is 6. The summed E-state index contributed by atoms with van der Waals surface area (Å²) < 4.78 is 0. The SMILES string of the molecule is NC1(C2CCN(Cc3cccc4c3C(=O)N(C3CCC(=O)NC3=O)C4=O)CC2)CC1. The van der Waals surface area contributed by atoms with Crippen LogP contribution in [0, 0.1) is 5.92 Å². The molecule has 158 valence electrons. The largest absolute Gasteiger partial charge is 0.325 e. The molecule has 4 amide bonds. The number of carbonyl (C=O) groups is 4. The lowest BCUT2D eigenvalue weighted by atomic mass is 9.87. The van der Waals surface area contributed by atoms with E-state index in [2.05, 4.69) is 10.2 Å². The molecule has 3 heterocycles. The van der Waals surface area contributed by atoms with Gasteiger partial charge in [0.05, 0.1) is 11.1 Å². The highest BCUT2D eigenvalue weighted by Gasteiger charge is 2.47. The number of nitrogens with zero attached hydrogens (tertiary/aromatic N) is 2. The molecular formula is C22H26N4O4. The maximum Gasteiger partial charge on any atom is 0.262 e. The number of rotatable bonds is 4. The number of nitrogens with two attached hydrogens (primary N) is 1. The van der Waals surface area contributed by atoms with Crippen molar-refractivity contribution in [2.45, 2.75) is 56.7 Å². The summed E-state index contributed by atoms with van der Waals surface area (Å²) in [6, 6.07) is 4.38. The Labute approximate surface area is 174 Å². The molecule has 1 atom stereocenters. The Bertz CT molecular complexity index is 946. The molecule has 1 aromatic carbocycles. The Morgan fingerprint density at radius 3 is 2.43 bits per heavy atom. The Morgan fingerprint density at radius 2 is 1.77 bits per heavy atom. The summed E-state index contributed by atoms with van der Waals surface area (Å²) in [6.45, 7) is 2.44. The highest BCUT2D eigenvalue weighted by Crippen LogP contribution is 2.44. The summed E-state index contributed by atoms with van der Waals surface area (Å²) >= 11 is 0. The number of amides is 4. The number of carbonyl (C=O) groups excluding carboxylic acids is 4. The van der Waals surface area contributed by atoms with E-state index in [1.807, 2.05) is 6.07 Å². The van der Waals surface area contributed by atoms with Gasteiger partial charge < -0.3 is 5.73 Å². The lowest BCUT2D eigenvalue weighted by molar-refractivity contribution is -0.136. The Balaban J connectivity index is 1.34. The number of imide groups is 2. The van der Waals surface area contributed by atoms with Gasteiger partial charge in [0.15, 0.2) is 0 Å². The van der Waals surface area contributed by atoms with Gasteiger partial charge in [-0.05, 0) is 62.7 Å². The molecule has 1 saturated carbocycles. The van der Waals surface area contributed by atoms with Gasteiger partial charge in [-0.25, -0.2) is 0 Å². The van der Waals surface area contributed by atoms with Gasteiger partial charge >= 0.3 is 0 Å². The summed E-state index contributed by atoms with van der Waals surface area (Å²) in [5.41, 5.74) is 7.97. The van der Waals surface area contributed by atoms with Crippen molar-refractivity contribution in [3.8, 4) is 0 Å². The molecule has 0 radical (unpaired) electrons. The van der Waals surface area contributed by atoms with Crippen molar-refractivity contribution in [2.75, 3.05) is 13.1 Å². The average Bonchev–Trinajstić information content (AvgIpc) is 3.42. The minimum atomic E-state index is -0.932. The number of fused-ring (bicyclic) bond motifs is 1. The first-order valence-corrected chi connectivity index (χ1v) is 10.7. The third kappa shape index (κ3) is 3.15. The van der Waals surface area contributed by atoms with Gasteiger partial charge in [0, 0.05) is 18.5 Å². The van der Waals surface area contributed by atoms with E-state index < -0.39 is 23.8 Å². The average molecular weight is 410 g/mol. The maximum absolute atomic E-state index is 13.2. The maximum atomic E-state index is 13.2. The molecular weight excluding hydrogens is 384 g/mol. The van der Waals surface area contributed by atoms with E-state index >= 15 is 0 Å². The summed E-state index contributed by atoms with van der Waals surface area (Å²) in [5.74, 6) is -1.28. The standard InChI is InChI=1S/C22H26N4O4/c23-22(8-9-22)14-6-10-25(11-7-14)12-13-2-1-3-15-18(13)21(30)26(20(15)29)16-4-5-17(27)24-19(16)28/h1-3,14,16H,4-12,23H2,(H,24,27,28). The number of hydrogen-bond donors (Lipinski definition) is 2. The van der Waals surface area contributed by atoms with Gasteiger partial charge in [0.1, 0.15) is 6.04 Å². The van der Waals surface area contributed by atoms with E-state index in [0.29, 0.717) is 23.6 Å². The van der Waals surface area contributed by atoms with Crippen molar-refractivity contribution in [3.63, 3.8) is 0 Å². The molecule has 4 aliphatic rings. The van der Waals surface area contributed by atoms with Gasteiger partial charge in [0.2, 0.25) is 11.8 Å². The summed E-state index contributed by atoms with van der Waals surface area (Å²) in [7, 11) is 0. The topological polar surface area (TPSA) is 113 Å². The second-order valence-electron chi connectivity index (χ2n) is 9.07. The minimum Gasteiger partial charge on any atom is -0.325 e. The normalized spacial score (nSPS) is 26.7. The van der Waals surface area contributed by atoms with Crippen LogP contribution in [-0.2, 0) is 16.1 Å². The molecule has 5 rings (SSSR count). The predicted octanol–water partition coefficient (Wildman–Crippen LogP) is 0.791. The van der Waals surface area contributed by atoms with E-state index in [-0.39, 0.29) is 24.3 Å². The van der Waals surface area contributed by atoms with Crippen LogP contribution in [0.25, 0.3) is 0 Å². The Hall–Kier alpha value is -2.58. The second-order valence-corrected chi connectivity index (χ2v) is 9.07. The van der Waals surface area contributed by atoms with Crippen molar-refractivity contribution in [2.24, 2.45) is 11.7 Å². The third-order valence-electron chi connectivity index (χ3n) is 7.18. The molecule has 8 nitrogen and oxygen atoms in total. The predicted molar refractivity (Wildman–Crippen MR) is 107 cm³/mol. The first-order valence-electron chi connectivity index (χ1n) is 10.7. The van der Waals surface area contributed by atoms with Gasteiger partial charge in [-0.3, -0.25) is 34.3 Å². The fourth-order valence-corrected chi connectivity index (χ4v) is 5.18. The van der Waals surface area contributed by atoms with E-state index in [1.54, 1.807) is 12.1 Å². The zero-order chi connectivity index (χ0) is 21.0. The summed E-state index contributed by atoms with van der Waals surface area (Å²) in [6.07, 6.45) is 4.64. The van der Waals surface area contributed by atoms with Gasteiger partial charge in [-0.15, -0.1) is 0 Å². The van der Waals surface area contributed by atoms with Gasteiger partial charge in [-0.2, -0.15) is 0 Å². The van der Waals surface area contributed by atoms with Crippen molar-refractivity contribution in [1.82, 2.24) is 15.1 Å². The van der Waals surface area contributed by atoms with Crippen LogP contribution in [0.3, 0.4) is 0 Å². The zero-order valence-electron chi connectivity index (χ0n) is 16.9. The van der Waals surface area contributed by atoms with Crippen LogP contribution in [0.15, 0.2) is 18.2 Å². The highest BCUT2D eigenvalue weighted by atomic mass is 16.2. The summed E-state index contributed by atoms with van der Waals surface area (Å²) in [4.78, 5) is 53.2. The molecule has 30 heavy (non-hydrogen) atoms. The molecule has 1 aliphatic carbocycles. The van der Waals surface area contributed by atoms with Crippen LogP contribution in [0.5, 0.6) is 0 Å². The molecule has 8 heteroatoms. The third-order valence-corrected chi connectivity index (χ3v) is 7.18. The molecule has 2 saturated heterocycles. The molecule has 3 N–H and O–H groups in total. The molecule has 1 aromatic rings. The van der Waals surface area contributed by atoms with E-state index in [4.69, 9.17) is 5.73 Å². The van der Waals surface area contributed by atoms with Crippen molar-refractivity contribution >= 4 is 23.6 Å². The first kappa shape index (κ1) is 19.4. The van der Waals surface area contributed by atoms with Crippen LogP contribution >= 0.6 is 0 Å². The molecule has 0 bridgehead atoms. The van der Waals surface area contributed by atoms with Crippen LogP contribution < -0.4 is 11.1 Å². The lowest BCUT2D eigenvalue weighted by Gasteiger charge is -2.35. The van der Waals surface area contributed by atoms with Crippen LogP contribution in [-0.4, -0.2) is 58.1 Å². The zero-order valence-corrected chi connectivity index (χ0v) is 16.9. The number of piperidine rings is 2. The Kier molecular flexibility index (Phi) is 4.52. The molecule has 3 fully saturated rings. The van der Waals surface area contributed by atoms with Crippen molar-refractivity contribution in [1.29, 1.82) is 0 Å². The fraction of sp³-hybridized carbons (Fsp3) is 0.545. The van der Waals surface area contributed by atoms with E-state index in [9.17, 15) is 19.2 Å². The van der Waals surface area contributed by atoms with Gasteiger partial charge in [-0.1, -0.05) is 12.1 Å². The minimum absolute atomic E-state index is 0.0466. The monoisotopic (exact) mass is 410 g/mol. The quantitative estimate of drug-likeness (QED) is 0.710. The van der Waals surface area contributed by atoms with E-state index in [1.165, 1.54) is 0 Å². The fourth-order valence-electron chi connectivity index (χ4n) is 5.18. The van der Waals surface area contributed by atoms with E-state index in [0.717, 1.165) is 49.2 Å². The molecule has 1 unspecified atom stereocenters. The Morgan fingerprint density at radius 1 is 1.03 bits per heavy atom. The number of likely N-dealkylation sites (tertiary alicyclic amines) is 1. The first-order chi connectivity index (χ1) is 14.4. The van der Waals surface area contributed by atoms with Crippen molar-refractivity contribution in [3.05, 3.63) is 34.9 Å². The van der Waals surface area contributed by atoms with Crippen LogP contribution in [0.2, 0.25) is 0 Å². The number of nitrogens with one attached hydrogen (secondary N) is 1. The smallest absolute Gasteiger partial charge is 0.262 e. The summed E-state index contributed by atoms with van der Waals surface area (Å²) in [5, 5.41) is 2.23. The van der Waals surface area contributed by atoms with Crippen LogP contribution in [0.1, 0.15) is 64.8 Å². The second kappa shape index (κ2) is 6.99. The lowest BCUT2D eigenvalue weighted by Crippen LogP contribution is -2.54. The molecule has 3 aliphatic heterocycles. The van der Waals surface area contributed by atoms with Crippen molar-refractivity contribution < 1.29 is 19.2 Å². The van der Waals surface area contributed by atoms with Gasteiger partial charge in [0.25, 0.3) is 11.8 Å².